The number of hydrogen-bond acceptors (Lipinski definition) is 8. The van der Waals surface area contributed by atoms with Crippen molar-refractivity contribution >= 4 is 44.5 Å². The smallest absolute Gasteiger partial charge is 0.272 e. The first kappa shape index (κ1) is 24.9. The number of anilines is 1. The van der Waals surface area contributed by atoms with Crippen LogP contribution in [-0.4, -0.2) is 47.7 Å². The molecule has 0 saturated heterocycles. The van der Waals surface area contributed by atoms with Crippen LogP contribution in [-0.2, 0) is 27.9 Å². The van der Waals surface area contributed by atoms with E-state index >= 15 is 0 Å². The number of benzene rings is 2. The number of aromatic nitrogens is 3. The van der Waals surface area contributed by atoms with Crippen molar-refractivity contribution in [1.82, 2.24) is 25.6 Å². The molecule has 13 nitrogen and oxygen atoms in total. The summed E-state index contributed by atoms with van der Waals surface area (Å²) in [6, 6.07) is 11.1. The third-order valence-corrected chi connectivity index (χ3v) is 6.64. The summed E-state index contributed by atoms with van der Waals surface area (Å²) >= 11 is 0. The van der Waals surface area contributed by atoms with Crippen molar-refractivity contribution in [2.75, 3.05) is 11.9 Å². The lowest BCUT2D eigenvalue weighted by molar-refractivity contribution is -0.118. The third-order valence-electron chi connectivity index (χ3n) is 5.73. The second-order valence-corrected chi connectivity index (χ2v) is 9.93. The van der Waals surface area contributed by atoms with E-state index in [4.69, 9.17) is 9.88 Å². The second kappa shape index (κ2) is 9.91. The summed E-state index contributed by atoms with van der Waals surface area (Å²) in [5, 5.41) is 13.3. The number of nitrogens with two attached hydrogens (primary N) is 1. The highest BCUT2D eigenvalue weighted by molar-refractivity contribution is 7.89. The van der Waals surface area contributed by atoms with Gasteiger partial charge in [-0.05, 0) is 35.4 Å². The molecule has 3 amide bonds. The zero-order valence-corrected chi connectivity index (χ0v) is 20.5. The van der Waals surface area contributed by atoms with E-state index in [1.54, 1.807) is 24.3 Å². The van der Waals surface area contributed by atoms with Crippen molar-refractivity contribution in [3.05, 3.63) is 77.4 Å². The maximum absolute atomic E-state index is 12.9. The maximum atomic E-state index is 12.9. The molecule has 4 aromatic rings. The minimum Gasteiger partial charge on any atom is -0.482 e. The van der Waals surface area contributed by atoms with Crippen LogP contribution in [0.15, 0.2) is 59.9 Å². The summed E-state index contributed by atoms with van der Waals surface area (Å²) in [4.78, 5) is 48.3. The van der Waals surface area contributed by atoms with E-state index in [-0.39, 0.29) is 52.8 Å². The lowest BCUT2D eigenvalue weighted by Crippen LogP contribution is -2.26. The van der Waals surface area contributed by atoms with Crippen LogP contribution in [0.1, 0.15) is 32.0 Å². The van der Waals surface area contributed by atoms with Crippen molar-refractivity contribution in [3.8, 4) is 5.75 Å². The molecule has 2 aromatic carbocycles. The Hall–Kier alpha value is -4.82. The van der Waals surface area contributed by atoms with Gasteiger partial charge >= 0.3 is 0 Å². The number of sulfonamides is 1. The second-order valence-electron chi connectivity index (χ2n) is 8.37. The SMILES string of the molecule is NS(=O)(=O)c1cccc(CNC(=O)c2c[nH]c3c(C(=O)NCc4ccc5c(c4)NC(=O)CO5)ncnc23)c1. The predicted octanol–water partition coefficient (Wildman–Crippen LogP) is 0.796. The molecule has 1 aliphatic rings. The van der Waals surface area contributed by atoms with Gasteiger partial charge in [0.05, 0.1) is 21.7 Å². The van der Waals surface area contributed by atoms with Crippen LogP contribution in [0.3, 0.4) is 0 Å². The fourth-order valence-electron chi connectivity index (χ4n) is 3.90. The zero-order chi connectivity index (χ0) is 26.9. The molecule has 0 spiro atoms. The quantitative estimate of drug-likeness (QED) is 0.229. The van der Waals surface area contributed by atoms with E-state index in [1.807, 2.05) is 0 Å². The molecular weight excluding hydrogens is 514 g/mol. The van der Waals surface area contributed by atoms with Gasteiger partial charge in [-0.1, -0.05) is 18.2 Å². The van der Waals surface area contributed by atoms with Gasteiger partial charge in [0.15, 0.2) is 12.3 Å². The van der Waals surface area contributed by atoms with E-state index in [0.717, 1.165) is 5.56 Å². The van der Waals surface area contributed by atoms with Crippen LogP contribution in [0.2, 0.25) is 0 Å². The average molecular weight is 536 g/mol. The van der Waals surface area contributed by atoms with Gasteiger partial charge in [0.2, 0.25) is 10.0 Å². The first-order chi connectivity index (χ1) is 18.2. The first-order valence-electron chi connectivity index (χ1n) is 11.2. The summed E-state index contributed by atoms with van der Waals surface area (Å²) in [6.45, 7) is 0.146. The maximum Gasteiger partial charge on any atom is 0.272 e. The molecule has 0 unspecified atom stereocenters. The number of hydrogen-bond donors (Lipinski definition) is 5. The summed E-state index contributed by atoms with van der Waals surface area (Å²) in [5.41, 5.74) is 2.54. The van der Waals surface area contributed by atoms with Gasteiger partial charge < -0.3 is 25.7 Å². The molecule has 5 rings (SSSR count). The molecule has 194 valence electrons. The largest absolute Gasteiger partial charge is 0.482 e. The van der Waals surface area contributed by atoms with Crippen LogP contribution in [0.4, 0.5) is 5.69 Å². The lowest BCUT2D eigenvalue weighted by atomic mass is 10.1. The average Bonchev–Trinajstić information content (AvgIpc) is 3.34. The molecule has 6 N–H and O–H groups in total. The van der Waals surface area contributed by atoms with Gasteiger partial charge in [-0.2, -0.15) is 0 Å². The Labute approximate surface area is 215 Å². The summed E-state index contributed by atoms with van der Waals surface area (Å²) in [7, 11) is -3.87. The lowest BCUT2D eigenvalue weighted by Gasteiger charge is -2.18. The van der Waals surface area contributed by atoms with Crippen LogP contribution in [0.5, 0.6) is 5.75 Å². The molecule has 0 bridgehead atoms. The van der Waals surface area contributed by atoms with Crippen LogP contribution < -0.4 is 25.8 Å². The molecular formula is C24H21N7O6S. The summed E-state index contributed by atoms with van der Waals surface area (Å²) < 4.78 is 28.5. The monoisotopic (exact) mass is 535 g/mol. The van der Waals surface area contributed by atoms with E-state index in [9.17, 15) is 22.8 Å². The van der Waals surface area contributed by atoms with Gasteiger partial charge in [0.25, 0.3) is 17.7 Å². The fourth-order valence-corrected chi connectivity index (χ4v) is 4.48. The number of ether oxygens (including phenoxy) is 1. The standard InChI is InChI=1S/C24H21N7O6S/c25-38(35,36)15-3-1-2-13(6-15)8-27-23(33)16-10-26-21-20(16)29-12-30-22(21)24(34)28-9-14-4-5-18-17(7-14)31-19(32)11-37-18/h1-7,10,12,26H,8-9,11H2,(H,27,33)(H,28,34)(H,31,32)(H2,25,35,36). The number of carbonyl (C=O) groups excluding carboxylic acids is 3. The molecule has 14 heteroatoms. The molecule has 38 heavy (non-hydrogen) atoms. The molecule has 0 saturated carbocycles. The highest BCUT2D eigenvalue weighted by Gasteiger charge is 2.20. The fraction of sp³-hybridized carbons (Fsp3) is 0.125. The van der Waals surface area contributed by atoms with E-state index in [1.165, 1.54) is 30.7 Å². The number of nitrogens with zero attached hydrogens (tertiary/aromatic N) is 2. The Morgan fingerprint density at radius 2 is 1.79 bits per heavy atom. The van der Waals surface area contributed by atoms with Crippen LogP contribution in [0.25, 0.3) is 11.0 Å². The number of rotatable bonds is 7. The van der Waals surface area contributed by atoms with E-state index < -0.39 is 21.8 Å². The van der Waals surface area contributed by atoms with Gasteiger partial charge in [-0.15, -0.1) is 0 Å². The van der Waals surface area contributed by atoms with E-state index in [2.05, 4.69) is 30.9 Å². The molecule has 0 fully saturated rings. The zero-order valence-electron chi connectivity index (χ0n) is 19.6. The van der Waals surface area contributed by atoms with Crippen molar-refractivity contribution in [2.45, 2.75) is 18.0 Å². The van der Waals surface area contributed by atoms with Crippen molar-refractivity contribution in [2.24, 2.45) is 5.14 Å². The minimum atomic E-state index is -3.87. The molecule has 1 aliphatic heterocycles. The Kier molecular flexibility index (Phi) is 6.48. The van der Waals surface area contributed by atoms with Gasteiger partial charge in [0, 0.05) is 19.3 Å². The molecule has 2 aromatic heterocycles. The van der Waals surface area contributed by atoms with Crippen LogP contribution in [0, 0.1) is 0 Å². The Morgan fingerprint density at radius 1 is 1.03 bits per heavy atom. The molecule has 0 radical (unpaired) electrons. The Bertz CT molecular complexity index is 1700. The number of fused-ring (bicyclic) bond motifs is 2. The Morgan fingerprint density at radius 3 is 2.58 bits per heavy atom. The normalized spacial score (nSPS) is 12.8. The summed E-state index contributed by atoms with van der Waals surface area (Å²) in [5.74, 6) is -0.693. The first-order valence-corrected chi connectivity index (χ1v) is 12.8. The summed E-state index contributed by atoms with van der Waals surface area (Å²) in [6.07, 6.45) is 2.60. The highest BCUT2D eigenvalue weighted by Crippen LogP contribution is 2.28. The molecule has 0 atom stereocenters. The number of amides is 3. The van der Waals surface area contributed by atoms with Crippen molar-refractivity contribution < 1.29 is 27.5 Å². The topological polar surface area (TPSA) is 198 Å². The van der Waals surface area contributed by atoms with E-state index in [0.29, 0.717) is 17.0 Å². The predicted molar refractivity (Wildman–Crippen MR) is 135 cm³/mol. The number of aromatic amines is 1. The van der Waals surface area contributed by atoms with Gasteiger partial charge in [-0.3, -0.25) is 14.4 Å². The van der Waals surface area contributed by atoms with Crippen molar-refractivity contribution in [3.63, 3.8) is 0 Å². The van der Waals surface area contributed by atoms with Crippen LogP contribution >= 0.6 is 0 Å². The number of carbonyl (C=O) groups is 3. The minimum absolute atomic E-state index is 0.0412. The molecule has 0 aliphatic carbocycles. The van der Waals surface area contributed by atoms with Gasteiger partial charge in [0.1, 0.15) is 17.6 Å². The highest BCUT2D eigenvalue weighted by atomic mass is 32.2. The third kappa shape index (κ3) is 5.16. The number of primary sulfonamides is 1. The molecule has 3 heterocycles. The Balaban J connectivity index is 1.28. The number of nitrogens with one attached hydrogen (secondary N) is 4. The van der Waals surface area contributed by atoms with Gasteiger partial charge in [-0.25, -0.2) is 23.5 Å². The number of H-pyrrole nitrogens is 1. The van der Waals surface area contributed by atoms with Crippen molar-refractivity contribution in [1.29, 1.82) is 0 Å².